The fraction of sp³-hybridized carbons (Fsp3) is 0.611. The van der Waals surface area contributed by atoms with Crippen molar-refractivity contribution in [3.63, 3.8) is 0 Å². The quantitative estimate of drug-likeness (QED) is 0.523. The summed E-state index contributed by atoms with van der Waals surface area (Å²) < 4.78 is 5.57. The fourth-order valence-corrected chi connectivity index (χ4v) is 2.01. The Morgan fingerprint density at radius 2 is 1.79 bits per heavy atom. The van der Waals surface area contributed by atoms with Crippen LogP contribution < -0.4 is 20.7 Å². The van der Waals surface area contributed by atoms with Gasteiger partial charge >= 0.3 is 6.03 Å². The predicted octanol–water partition coefficient (Wildman–Crippen LogP) is 1.67. The van der Waals surface area contributed by atoms with E-state index in [1.807, 2.05) is 52.0 Å². The zero-order valence-corrected chi connectivity index (χ0v) is 15.1. The van der Waals surface area contributed by atoms with Gasteiger partial charge in [-0.1, -0.05) is 26.0 Å². The van der Waals surface area contributed by atoms with Crippen molar-refractivity contribution in [2.75, 3.05) is 19.7 Å². The van der Waals surface area contributed by atoms with Crippen LogP contribution in [0, 0.1) is 0 Å². The van der Waals surface area contributed by atoms with Crippen LogP contribution in [0.3, 0.4) is 0 Å². The number of hydrogen-bond acceptors (Lipinski definition) is 4. The van der Waals surface area contributed by atoms with E-state index in [2.05, 4.69) is 16.0 Å². The van der Waals surface area contributed by atoms with Gasteiger partial charge in [0.05, 0.1) is 0 Å². The van der Waals surface area contributed by atoms with Gasteiger partial charge in [-0.25, -0.2) is 4.79 Å². The highest BCUT2D eigenvalue weighted by Crippen LogP contribution is 2.12. The number of hydrogen-bond donors (Lipinski definition) is 4. The van der Waals surface area contributed by atoms with Gasteiger partial charge in [0, 0.05) is 25.2 Å². The fourth-order valence-electron chi connectivity index (χ4n) is 2.01. The van der Waals surface area contributed by atoms with Gasteiger partial charge in [0.1, 0.15) is 18.5 Å². The van der Waals surface area contributed by atoms with E-state index in [1.54, 1.807) is 0 Å². The highest BCUT2D eigenvalue weighted by atomic mass is 16.5. The van der Waals surface area contributed by atoms with Crippen LogP contribution in [0.15, 0.2) is 24.3 Å². The minimum atomic E-state index is -0.532. The number of aliphatic hydroxyl groups excluding tert-OH is 1. The maximum Gasteiger partial charge on any atom is 0.314 e. The van der Waals surface area contributed by atoms with Crippen molar-refractivity contribution in [2.24, 2.45) is 0 Å². The number of nitrogens with one attached hydrogen (secondary N) is 3. The van der Waals surface area contributed by atoms with Crippen LogP contribution >= 0.6 is 0 Å². The van der Waals surface area contributed by atoms with Gasteiger partial charge in [0.15, 0.2) is 0 Å². The third kappa shape index (κ3) is 9.37. The molecule has 1 aromatic rings. The Kier molecular flexibility index (Phi) is 9.19. The average Bonchev–Trinajstić information content (AvgIpc) is 2.51. The van der Waals surface area contributed by atoms with Gasteiger partial charge in [-0.2, -0.15) is 0 Å². The lowest BCUT2D eigenvalue weighted by molar-refractivity contribution is 0.104. The summed E-state index contributed by atoms with van der Waals surface area (Å²) in [5.74, 6) is 0.729. The molecule has 1 atom stereocenters. The van der Waals surface area contributed by atoms with E-state index in [4.69, 9.17) is 4.74 Å². The predicted molar refractivity (Wildman–Crippen MR) is 96.5 cm³/mol. The van der Waals surface area contributed by atoms with Crippen molar-refractivity contribution >= 4 is 6.03 Å². The third-order valence-corrected chi connectivity index (χ3v) is 3.25. The molecule has 0 bridgehead atoms. The summed E-state index contributed by atoms with van der Waals surface area (Å²) in [5, 5.41) is 18.6. The maximum atomic E-state index is 11.5. The van der Waals surface area contributed by atoms with E-state index in [1.165, 1.54) is 0 Å². The van der Waals surface area contributed by atoms with Crippen LogP contribution in [-0.4, -0.2) is 49.0 Å². The van der Waals surface area contributed by atoms with Gasteiger partial charge in [-0.3, -0.25) is 0 Å². The number of urea groups is 1. The van der Waals surface area contributed by atoms with Crippen molar-refractivity contribution in [3.8, 4) is 5.75 Å². The lowest BCUT2D eigenvalue weighted by Gasteiger charge is -2.15. The summed E-state index contributed by atoms with van der Waals surface area (Å²) in [5.41, 5.74) is 1.12. The summed E-state index contributed by atoms with van der Waals surface area (Å²) in [6.45, 7) is 9.28. The Balaban J connectivity index is 2.26. The van der Waals surface area contributed by atoms with E-state index in [0.717, 1.165) is 17.7 Å². The Hall–Kier alpha value is -1.79. The Bertz CT molecular complexity index is 475. The minimum Gasteiger partial charge on any atom is -0.491 e. The average molecular weight is 337 g/mol. The second-order valence-electron chi connectivity index (χ2n) is 6.48. The first kappa shape index (κ1) is 20.3. The molecule has 0 saturated heterocycles. The molecule has 6 heteroatoms. The molecule has 1 aromatic carbocycles. The van der Waals surface area contributed by atoms with E-state index in [9.17, 15) is 9.90 Å². The Morgan fingerprint density at radius 1 is 1.12 bits per heavy atom. The van der Waals surface area contributed by atoms with Gasteiger partial charge < -0.3 is 25.8 Å². The van der Waals surface area contributed by atoms with Gasteiger partial charge in [-0.05, 0) is 38.0 Å². The highest BCUT2D eigenvalue weighted by Gasteiger charge is 2.06. The molecule has 136 valence electrons. The van der Waals surface area contributed by atoms with Crippen LogP contribution in [0.2, 0.25) is 0 Å². The largest absolute Gasteiger partial charge is 0.491 e. The first-order chi connectivity index (χ1) is 11.4. The Morgan fingerprint density at radius 3 is 2.38 bits per heavy atom. The summed E-state index contributed by atoms with van der Waals surface area (Å²) in [6.07, 6.45) is 0.225. The summed E-state index contributed by atoms with van der Waals surface area (Å²) in [7, 11) is 0. The van der Waals surface area contributed by atoms with E-state index >= 15 is 0 Å². The molecule has 0 aliphatic rings. The van der Waals surface area contributed by atoms with Crippen LogP contribution in [0.25, 0.3) is 0 Å². The molecule has 0 aliphatic carbocycles. The zero-order valence-electron chi connectivity index (χ0n) is 15.1. The molecule has 0 radical (unpaired) electrons. The number of benzene rings is 1. The molecule has 2 amide bonds. The lowest BCUT2D eigenvalue weighted by Crippen LogP contribution is -2.40. The standard InChI is InChI=1S/C18H31N3O3/c1-13(2)20-11-16(22)12-24-17-7-5-15(6-8-17)9-10-19-18(23)21-14(3)4/h5-8,13-14,16,20,22H,9-12H2,1-4H3,(H2,19,21,23)/t16-/m0/s1. The van der Waals surface area contributed by atoms with Crippen LogP contribution in [0.4, 0.5) is 4.79 Å². The van der Waals surface area contributed by atoms with E-state index < -0.39 is 6.10 Å². The molecule has 4 N–H and O–H groups in total. The third-order valence-electron chi connectivity index (χ3n) is 3.25. The number of amides is 2. The number of carbonyl (C=O) groups is 1. The van der Waals surface area contributed by atoms with Crippen LogP contribution in [0.1, 0.15) is 33.3 Å². The number of rotatable bonds is 10. The number of ether oxygens (including phenoxy) is 1. The van der Waals surface area contributed by atoms with Crippen LogP contribution in [0.5, 0.6) is 5.75 Å². The summed E-state index contributed by atoms with van der Waals surface area (Å²) >= 11 is 0. The van der Waals surface area contributed by atoms with Crippen molar-refractivity contribution in [1.82, 2.24) is 16.0 Å². The second kappa shape index (κ2) is 10.9. The second-order valence-corrected chi connectivity index (χ2v) is 6.48. The van der Waals surface area contributed by atoms with Crippen molar-refractivity contribution in [1.29, 1.82) is 0 Å². The SMILES string of the molecule is CC(C)NC[C@H](O)COc1ccc(CCNC(=O)NC(C)C)cc1. The molecule has 6 nitrogen and oxygen atoms in total. The van der Waals surface area contributed by atoms with E-state index in [-0.39, 0.29) is 18.7 Å². The molecular formula is C18H31N3O3. The summed E-state index contributed by atoms with van der Waals surface area (Å²) in [4.78, 5) is 11.5. The molecular weight excluding hydrogens is 306 g/mol. The molecule has 0 fully saturated rings. The molecule has 0 spiro atoms. The molecule has 0 aliphatic heterocycles. The number of aliphatic hydroxyl groups is 1. The number of carbonyl (C=O) groups excluding carboxylic acids is 1. The maximum absolute atomic E-state index is 11.5. The topological polar surface area (TPSA) is 82.6 Å². The molecule has 0 aromatic heterocycles. The minimum absolute atomic E-state index is 0.132. The Labute approximate surface area is 145 Å². The first-order valence-electron chi connectivity index (χ1n) is 8.54. The van der Waals surface area contributed by atoms with Crippen molar-refractivity contribution in [2.45, 2.75) is 52.3 Å². The van der Waals surface area contributed by atoms with Gasteiger partial charge in [0.25, 0.3) is 0 Å². The van der Waals surface area contributed by atoms with E-state index in [0.29, 0.717) is 19.1 Å². The van der Waals surface area contributed by atoms with Crippen molar-refractivity contribution in [3.05, 3.63) is 29.8 Å². The van der Waals surface area contributed by atoms with Gasteiger partial charge in [-0.15, -0.1) is 0 Å². The summed E-state index contributed by atoms with van der Waals surface area (Å²) in [6, 6.07) is 8.03. The van der Waals surface area contributed by atoms with Gasteiger partial charge in [0.2, 0.25) is 0 Å². The molecule has 0 unspecified atom stereocenters. The van der Waals surface area contributed by atoms with Crippen molar-refractivity contribution < 1.29 is 14.6 Å². The molecule has 0 heterocycles. The monoisotopic (exact) mass is 337 g/mol. The molecule has 0 saturated carbocycles. The smallest absolute Gasteiger partial charge is 0.314 e. The molecule has 24 heavy (non-hydrogen) atoms. The first-order valence-corrected chi connectivity index (χ1v) is 8.54. The highest BCUT2D eigenvalue weighted by molar-refractivity contribution is 5.74. The van der Waals surface area contributed by atoms with Crippen LogP contribution in [-0.2, 0) is 6.42 Å². The zero-order chi connectivity index (χ0) is 17.9. The normalized spacial score (nSPS) is 12.3. The lowest BCUT2D eigenvalue weighted by atomic mass is 10.1. The molecule has 1 rings (SSSR count).